The molecule has 4 rings (SSSR count). The highest BCUT2D eigenvalue weighted by Crippen LogP contribution is 2.35. The first-order valence-electron chi connectivity index (χ1n) is 8.62. The van der Waals surface area contributed by atoms with Gasteiger partial charge in [-0.3, -0.25) is 4.79 Å². The third-order valence-corrected chi connectivity index (χ3v) is 5.02. The lowest BCUT2D eigenvalue weighted by atomic mass is 9.82. The number of carbonyl (C=O) groups is 1. The van der Waals surface area contributed by atoms with Gasteiger partial charge in [-0.2, -0.15) is 0 Å². The van der Waals surface area contributed by atoms with E-state index in [1.807, 2.05) is 54.6 Å². The first-order valence-corrected chi connectivity index (χ1v) is 9.00. The molecule has 0 spiro atoms. The van der Waals surface area contributed by atoms with E-state index in [9.17, 15) is 4.79 Å². The lowest BCUT2D eigenvalue weighted by Gasteiger charge is -2.24. The third kappa shape index (κ3) is 3.46. The predicted octanol–water partition coefficient (Wildman–Crippen LogP) is 4.65. The van der Waals surface area contributed by atoms with Crippen LogP contribution in [0.5, 0.6) is 0 Å². The Labute approximate surface area is 157 Å². The Morgan fingerprint density at radius 2 is 1.81 bits per heavy atom. The first-order chi connectivity index (χ1) is 12.7. The maximum Gasteiger partial charge on any atom is 0.223 e. The summed E-state index contributed by atoms with van der Waals surface area (Å²) in [5.74, 6) is 0.673. The van der Waals surface area contributed by atoms with Crippen molar-refractivity contribution in [3.05, 3.63) is 88.2 Å². The van der Waals surface area contributed by atoms with E-state index in [1.54, 1.807) is 6.20 Å². The number of ketones is 1. The fraction of sp³-hybridized carbons (Fsp3) is 0.190. The molecule has 0 unspecified atom stereocenters. The minimum absolute atomic E-state index is 0.0561. The van der Waals surface area contributed by atoms with E-state index in [4.69, 9.17) is 11.6 Å². The van der Waals surface area contributed by atoms with Crippen molar-refractivity contribution in [3.8, 4) is 0 Å². The highest BCUT2D eigenvalue weighted by molar-refractivity contribution is 6.31. The van der Waals surface area contributed by atoms with E-state index < -0.39 is 0 Å². The zero-order valence-corrected chi connectivity index (χ0v) is 14.9. The molecule has 5 heteroatoms. The molecule has 0 saturated carbocycles. The number of aromatic nitrogens is 2. The molecule has 1 atom stereocenters. The van der Waals surface area contributed by atoms with Crippen LogP contribution in [0.2, 0.25) is 5.02 Å². The molecule has 1 aromatic heterocycles. The topological polar surface area (TPSA) is 54.9 Å². The van der Waals surface area contributed by atoms with Crippen LogP contribution in [0.15, 0.2) is 60.8 Å². The minimum atomic E-state index is 0.0561. The van der Waals surface area contributed by atoms with Gasteiger partial charge in [0.25, 0.3) is 0 Å². The predicted molar refractivity (Wildman–Crippen MR) is 103 cm³/mol. The zero-order valence-electron chi connectivity index (χ0n) is 14.2. The van der Waals surface area contributed by atoms with E-state index in [1.165, 1.54) is 0 Å². The Kier molecular flexibility index (Phi) is 4.67. The van der Waals surface area contributed by atoms with Gasteiger partial charge in [-0.1, -0.05) is 60.1 Å². The van der Waals surface area contributed by atoms with E-state index >= 15 is 0 Å². The quantitative estimate of drug-likeness (QED) is 0.732. The second kappa shape index (κ2) is 7.26. The standard InChI is InChI=1S/C21H18ClN3O/c22-18-9-5-4-8-16(18)15-10-19-17(20(26)11-15)13-24-21(25-19)23-12-14-6-2-1-3-7-14/h1-9,13,15H,10-12H2,(H,23,24,25)/t15-/m1/s1. The molecular weight excluding hydrogens is 346 g/mol. The van der Waals surface area contributed by atoms with Gasteiger partial charge >= 0.3 is 0 Å². The van der Waals surface area contributed by atoms with Crippen LogP contribution >= 0.6 is 11.6 Å². The molecule has 0 radical (unpaired) electrons. The summed E-state index contributed by atoms with van der Waals surface area (Å²) >= 11 is 6.32. The molecule has 0 aliphatic heterocycles. The Bertz CT molecular complexity index is 943. The summed E-state index contributed by atoms with van der Waals surface area (Å²) in [7, 11) is 0. The fourth-order valence-corrected chi connectivity index (χ4v) is 3.62. The maximum absolute atomic E-state index is 12.5. The van der Waals surface area contributed by atoms with Gasteiger partial charge in [0.2, 0.25) is 5.95 Å². The van der Waals surface area contributed by atoms with E-state index in [0.717, 1.165) is 16.8 Å². The van der Waals surface area contributed by atoms with E-state index in [-0.39, 0.29) is 11.7 Å². The van der Waals surface area contributed by atoms with Crippen LogP contribution in [-0.4, -0.2) is 15.8 Å². The smallest absolute Gasteiger partial charge is 0.223 e. The number of nitrogens with one attached hydrogen (secondary N) is 1. The second-order valence-electron chi connectivity index (χ2n) is 6.44. The van der Waals surface area contributed by atoms with Crippen molar-refractivity contribution in [2.75, 3.05) is 5.32 Å². The summed E-state index contributed by atoms with van der Waals surface area (Å²) in [4.78, 5) is 21.4. The van der Waals surface area contributed by atoms with Crippen molar-refractivity contribution in [1.29, 1.82) is 0 Å². The third-order valence-electron chi connectivity index (χ3n) is 4.68. The van der Waals surface area contributed by atoms with Crippen molar-refractivity contribution >= 4 is 23.3 Å². The highest BCUT2D eigenvalue weighted by atomic mass is 35.5. The van der Waals surface area contributed by atoms with Gasteiger partial charge in [-0.15, -0.1) is 0 Å². The lowest BCUT2D eigenvalue weighted by molar-refractivity contribution is 0.0963. The van der Waals surface area contributed by atoms with E-state index in [0.29, 0.717) is 35.9 Å². The van der Waals surface area contributed by atoms with Gasteiger partial charge in [0.1, 0.15) is 0 Å². The summed E-state index contributed by atoms with van der Waals surface area (Å²) < 4.78 is 0. The van der Waals surface area contributed by atoms with Crippen LogP contribution in [0.25, 0.3) is 0 Å². The Morgan fingerprint density at radius 3 is 2.62 bits per heavy atom. The van der Waals surface area contributed by atoms with Crippen LogP contribution in [-0.2, 0) is 13.0 Å². The van der Waals surface area contributed by atoms with Crippen LogP contribution in [0, 0.1) is 0 Å². The Hall–Kier alpha value is -2.72. The number of halogens is 1. The number of anilines is 1. The number of fused-ring (bicyclic) bond motifs is 1. The molecule has 1 aliphatic carbocycles. The molecule has 130 valence electrons. The largest absolute Gasteiger partial charge is 0.350 e. The summed E-state index contributed by atoms with van der Waals surface area (Å²) in [6.45, 7) is 0.640. The number of benzene rings is 2. The van der Waals surface area contributed by atoms with Gasteiger partial charge < -0.3 is 5.32 Å². The van der Waals surface area contributed by atoms with Crippen molar-refractivity contribution in [2.24, 2.45) is 0 Å². The molecule has 4 nitrogen and oxygen atoms in total. The summed E-state index contributed by atoms with van der Waals surface area (Å²) in [6.07, 6.45) is 2.77. The summed E-state index contributed by atoms with van der Waals surface area (Å²) in [5, 5.41) is 3.93. The first kappa shape index (κ1) is 16.7. The number of hydrogen-bond donors (Lipinski definition) is 1. The van der Waals surface area contributed by atoms with Crippen LogP contribution in [0.1, 0.15) is 39.5 Å². The molecule has 26 heavy (non-hydrogen) atoms. The lowest BCUT2D eigenvalue weighted by Crippen LogP contribution is -2.21. The van der Waals surface area contributed by atoms with Crippen molar-refractivity contribution in [3.63, 3.8) is 0 Å². The maximum atomic E-state index is 12.5. The normalized spacial score (nSPS) is 16.2. The average Bonchev–Trinajstić information content (AvgIpc) is 2.67. The van der Waals surface area contributed by atoms with Gasteiger partial charge in [-0.05, 0) is 29.5 Å². The molecule has 0 fully saturated rings. The molecular formula is C21H18ClN3O. The number of Topliss-reactive ketones (excluding diaryl/α,β-unsaturated/α-hetero) is 1. The molecule has 1 N–H and O–H groups in total. The van der Waals surface area contributed by atoms with Gasteiger partial charge in [0.05, 0.1) is 11.3 Å². The fourth-order valence-electron chi connectivity index (χ4n) is 3.33. The van der Waals surface area contributed by atoms with Crippen molar-refractivity contribution in [2.45, 2.75) is 25.3 Å². The zero-order chi connectivity index (χ0) is 17.9. The van der Waals surface area contributed by atoms with E-state index in [2.05, 4.69) is 15.3 Å². The van der Waals surface area contributed by atoms with Crippen LogP contribution < -0.4 is 5.32 Å². The Morgan fingerprint density at radius 1 is 1.04 bits per heavy atom. The minimum Gasteiger partial charge on any atom is -0.350 e. The van der Waals surface area contributed by atoms with Crippen LogP contribution in [0.3, 0.4) is 0 Å². The molecule has 2 aromatic carbocycles. The molecule has 0 bridgehead atoms. The second-order valence-corrected chi connectivity index (χ2v) is 6.85. The monoisotopic (exact) mass is 363 g/mol. The molecule has 0 saturated heterocycles. The SMILES string of the molecule is O=C1C[C@H](c2ccccc2Cl)Cc2nc(NCc3ccccc3)ncc21. The summed E-state index contributed by atoms with van der Waals surface area (Å²) in [6, 6.07) is 17.8. The van der Waals surface area contributed by atoms with Gasteiger partial charge in [0.15, 0.2) is 5.78 Å². The number of nitrogens with zero attached hydrogens (tertiary/aromatic N) is 2. The average molecular weight is 364 g/mol. The molecule has 0 amide bonds. The number of hydrogen-bond acceptors (Lipinski definition) is 4. The van der Waals surface area contributed by atoms with Crippen molar-refractivity contribution in [1.82, 2.24) is 9.97 Å². The highest BCUT2D eigenvalue weighted by Gasteiger charge is 2.29. The van der Waals surface area contributed by atoms with Crippen molar-refractivity contribution < 1.29 is 4.79 Å². The molecule has 1 heterocycles. The number of rotatable bonds is 4. The van der Waals surface area contributed by atoms with Crippen LogP contribution in [0.4, 0.5) is 5.95 Å². The Balaban J connectivity index is 1.56. The molecule has 3 aromatic rings. The van der Waals surface area contributed by atoms with Gasteiger partial charge in [-0.25, -0.2) is 9.97 Å². The summed E-state index contributed by atoms with van der Waals surface area (Å²) in [5.41, 5.74) is 3.57. The molecule has 1 aliphatic rings. The number of carbonyl (C=O) groups excluding carboxylic acids is 1. The van der Waals surface area contributed by atoms with Gasteiger partial charge in [0, 0.05) is 24.2 Å².